The van der Waals surface area contributed by atoms with Crippen molar-refractivity contribution in [3.63, 3.8) is 0 Å². The maximum absolute atomic E-state index is 13.4. The number of fused-ring (bicyclic) bond motifs is 2. The van der Waals surface area contributed by atoms with E-state index >= 15 is 0 Å². The van der Waals surface area contributed by atoms with E-state index in [0.717, 1.165) is 29.2 Å². The lowest BCUT2D eigenvalue weighted by Gasteiger charge is -2.43. The van der Waals surface area contributed by atoms with Crippen LogP contribution in [0.1, 0.15) is 52.4 Å². The summed E-state index contributed by atoms with van der Waals surface area (Å²) in [4.78, 5) is 13.4. The third kappa shape index (κ3) is 6.14. The zero-order valence-electron chi connectivity index (χ0n) is 22.4. The Morgan fingerprint density at radius 3 is 2.71 bits per heavy atom. The molecule has 5 rings (SSSR count). The molecule has 2 aliphatic carbocycles. The van der Waals surface area contributed by atoms with Gasteiger partial charge >= 0.3 is 5.97 Å². The fraction of sp³-hybridized carbons (Fsp3) is 0.531. The van der Waals surface area contributed by atoms with Crippen LogP contribution >= 0.6 is 0 Å². The number of carbonyl (C=O) groups is 1. The Morgan fingerprint density at radius 2 is 1.92 bits per heavy atom. The Morgan fingerprint density at radius 1 is 1.11 bits per heavy atom. The molecule has 1 aliphatic heterocycles. The number of aliphatic hydroxyl groups is 2. The van der Waals surface area contributed by atoms with Crippen LogP contribution in [-0.2, 0) is 14.3 Å². The molecule has 0 amide bonds. The van der Waals surface area contributed by atoms with Crippen molar-refractivity contribution in [2.75, 3.05) is 6.61 Å². The van der Waals surface area contributed by atoms with Crippen LogP contribution < -0.4 is 4.74 Å². The molecule has 0 bridgehead atoms. The molecule has 1 saturated heterocycles. The van der Waals surface area contributed by atoms with Crippen LogP contribution in [0.4, 0.5) is 0 Å². The lowest BCUT2D eigenvalue weighted by molar-refractivity contribution is -0.163. The quantitative estimate of drug-likeness (QED) is 0.456. The molecule has 3 aliphatic rings. The summed E-state index contributed by atoms with van der Waals surface area (Å²) < 4.78 is 18.2. The van der Waals surface area contributed by atoms with Crippen molar-refractivity contribution in [3.8, 4) is 5.75 Å². The zero-order chi connectivity index (χ0) is 26.6. The van der Waals surface area contributed by atoms with Gasteiger partial charge in [0.1, 0.15) is 11.9 Å². The van der Waals surface area contributed by atoms with Gasteiger partial charge in [-0.25, -0.2) is 4.79 Å². The van der Waals surface area contributed by atoms with Gasteiger partial charge in [0.25, 0.3) is 0 Å². The first-order valence-electron chi connectivity index (χ1n) is 14.1. The number of rotatable bonds is 8. The number of esters is 1. The number of allylic oxidation sites excluding steroid dienone is 2. The SMILES string of the molecule is CCC(Oc1ccc2ccccc2c1)C(=O)O[C@H]1C[C@H](O)C=C2C=C[C@H](C)[C@H](CC[C@@H]3C[C@H](O)CCO3)[C@H]21. The third-order valence-electron chi connectivity index (χ3n) is 8.43. The maximum atomic E-state index is 13.4. The van der Waals surface area contributed by atoms with E-state index in [-0.39, 0.29) is 30.0 Å². The molecule has 1 fully saturated rings. The van der Waals surface area contributed by atoms with Gasteiger partial charge in [-0.3, -0.25) is 0 Å². The van der Waals surface area contributed by atoms with Crippen LogP contribution in [0.15, 0.2) is 66.3 Å². The summed E-state index contributed by atoms with van der Waals surface area (Å²) in [6.07, 6.45) is 8.13. The average molecular weight is 521 g/mol. The average Bonchev–Trinajstić information content (AvgIpc) is 2.91. The second kappa shape index (κ2) is 12.0. The van der Waals surface area contributed by atoms with Gasteiger partial charge in [-0.05, 0) is 72.4 Å². The van der Waals surface area contributed by atoms with E-state index in [0.29, 0.717) is 44.0 Å². The van der Waals surface area contributed by atoms with Crippen molar-refractivity contribution >= 4 is 16.7 Å². The van der Waals surface area contributed by atoms with Crippen LogP contribution in [0.25, 0.3) is 10.8 Å². The maximum Gasteiger partial charge on any atom is 0.347 e. The molecule has 1 unspecified atom stereocenters. The van der Waals surface area contributed by atoms with Crippen LogP contribution in [0.3, 0.4) is 0 Å². The monoisotopic (exact) mass is 520 g/mol. The molecule has 0 radical (unpaired) electrons. The highest BCUT2D eigenvalue weighted by Gasteiger charge is 2.43. The van der Waals surface area contributed by atoms with Gasteiger partial charge in [-0.1, -0.05) is 62.4 Å². The van der Waals surface area contributed by atoms with Gasteiger partial charge < -0.3 is 24.4 Å². The van der Waals surface area contributed by atoms with Gasteiger partial charge in [0.15, 0.2) is 6.10 Å². The Hall–Kier alpha value is -2.67. The van der Waals surface area contributed by atoms with Crippen molar-refractivity contribution in [2.45, 2.75) is 82.9 Å². The first kappa shape index (κ1) is 26.9. The van der Waals surface area contributed by atoms with Crippen LogP contribution in [0.2, 0.25) is 0 Å². The molecule has 0 saturated carbocycles. The summed E-state index contributed by atoms with van der Waals surface area (Å²) in [7, 11) is 0. The second-order valence-electron chi connectivity index (χ2n) is 11.1. The summed E-state index contributed by atoms with van der Waals surface area (Å²) in [6.45, 7) is 4.72. The fourth-order valence-electron chi connectivity index (χ4n) is 6.35. The largest absolute Gasteiger partial charge is 0.479 e. The summed E-state index contributed by atoms with van der Waals surface area (Å²) in [5.74, 6) is 0.810. The molecule has 6 nitrogen and oxygen atoms in total. The molecule has 204 valence electrons. The highest BCUT2D eigenvalue weighted by molar-refractivity contribution is 5.84. The number of hydrogen-bond donors (Lipinski definition) is 2. The molecule has 0 aromatic heterocycles. The molecule has 2 aromatic carbocycles. The zero-order valence-corrected chi connectivity index (χ0v) is 22.4. The van der Waals surface area contributed by atoms with Crippen LogP contribution in [0, 0.1) is 17.8 Å². The Kier molecular flexibility index (Phi) is 8.51. The van der Waals surface area contributed by atoms with E-state index < -0.39 is 18.3 Å². The lowest BCUT2D eigenvalue weighted by atomic mass is 9.66. The van der Waals surface area contributed by atoms with E-state index in [2.05, 4.69) is 19.1 Å². The van der Waals surface area contributed by atoms with E-state index in [1.165, 1.54) is 0 Å². The Labute approximate surface area is 225 Å². The van der Waals surface area contributed by atoms with Crippen molar-refractivity contribution in [1.29, 1.82) is 0 Å². The third-order valence-corrected chi connectivity index (χ3v) is 8.43. The van der Waals surface area contributed by atoms with Crippen molar-refractivity contribution in [3.05, 3.63) is 66.3 Å². The standard InChI is InChI=1S/C32H40O6/c1-3-29(37-27-11-10-21-6-4-5-7-22(21)17-27)32(35)38-30-19-25(34)16-23-9-8-20(2)28(31(23)30)13-12-26-18-24(33)14-15-36-26/h4-11,16-17,20,24-26,28-31,33-34H,3,12-15,18-19H2,1-2H3/t20-,24+,25+,26+,28-,29?,30-,31-/m0/s1. The highest BCUT2D eigenvalue weighted by atomic mass is 16.6. The molecular formula is C32H40O6. The minimum absolute atomic E-state index is 0.00837. The van der Waals surface area contributed by atoms with E-state index in [1.807, 2.05) is 55.5 Å². The second-order valence-corrected chi connectivity index (χ2v) is 11.1. The number of hydrogen-bond acceptors (Lipinski definition) is 6. The number of ether oxygens (including phenoxy) is 3. The summed E-state index contributed by atoms with van der Waals surface area (Å²) in [5.41, 5.74) is 1.04. The van der Waals surface area contributed by atoms with Gasteiger partial charge in [-0.2, -0.15) is 0 Å². The number of carbonyl (C=O) groups excluding carboxylic acids is 1. The van der Waals surface area contributed by atoms with Gasteiger partial charge in [0.2, 0.25) is 0 Å². The van der Waals surface area contributed by atoms with Crippen molar-refractivity contribution < 1.29 is 29.2 Å². The molecule has 2 N–H and O–H groups in total. The van der Waals surface area contributed by atoms with Crippen molar-refractivity contribution in [2.24, 2.45) is 17.8 Å². The normalized spacial score (nSPS) is 31.8. The van der Waals surface area contributed by atoms with Crippen LogP contribution in [-0.4, -0.2) is 53.3 Å². The lowest BCUT2D eigenvalue weighted by Crippen LogP contribution is -2.44. The number of benzene rings is 2. The minimum atomic E-state index is -0.727. The van der Waals surface area contributed by atoms with E-state index in [1.54, 1.807) is 0 Å². The van der Waals surface area contributed by atoms with Crippen LogP contribution in [0.5, 0.6) is 5.75 Å². The number of aliphatic hydroxyl groups excluding tert-OH is 2. The van der Waals surface area contributed by atoms with Gasteiger partial charge in [0.05, 0.1) is 18.3 Å². The van der Waals surface area contributed by atoms with Gasteiger partial charge in [0, 0.05) is 18.9 Å². The predicted molar refractivity (Wildman–Crippen MR) is 147 cm³/mol. The molecule has 6 heteroatoms. The minimum Gasteiger partial charge on any atom is -0.479 e. The topological polar surface area (TPSA) is 85.2 Å². The molecule has 1 heterocycles. The molecule has 2 aromatic rings. The van der Waals surface area contributed by atoms with E-state index in [4.69, 9.17) is 14.2 Å². The highest BCUT2D eigenvalue weighted by Crippen LogP contribution is 2.44. The molecule has 38 heavy (non-hydrogen) atoms. The van der Waals surface area contributed by atoms with Gasteiger partial charge in [-0.15, -0.1) is 0 Å². The Bertz CT molecular complexity index is 1170. The summed E-state index contributed by atoms with van der Waals surface area (Å²) >= 11 is 0. The summed E-state index contributed by atoms with van der Waals surface area (Å²) in [6, 6.07) is 13.9. The smallest absolute Gasteiger partial charge is 0.347 e. The molecular weight excluding hydrogens is 480 g/mol. The molecule has 8 atom stereocenters. The Balaban J connectivity index is 1.29. The first-order valence-corrected chi connectivity index (χ1v) is 14.1. The first-order chi connectivity index (χ1) is 18.4. The predicted octanol–water partition coefficient (Wildman–Crippen LogP) is 5.36. The molecule has 0 spiro atoms. The fourth-order valence-corrected chi connectivity index (χ4v) is 6.35. The summed E-state index contributed by atoms with van der Waals surface area (Å²) in [5, 5.41) is 22.8. The van der Waals surface area contributed by atoms with E-state index in [9.17, 15) is 15.0 Å². The van der Waals surface area contributed by atoms with Crippen molar-refractivity contribution in [1.82, 2.24) is 0 Å².